The maximum Gasteiger partial charge on any atom is 0.243 e. The predicted molar refractivity (Wildman–Crippen MR) is 125 cm³/mol. The summed E-state index contributed by atoms with van der Waals surface area (Å²) in [5, 5.41) is 3.17. The molecule has 0 aliphatic carbocycles. The van der Waals surface area contributed by atoms with E-state index in [1.165, 1.54) is 16.4 Å². The van der Waals surface area contributed by atoms with E-state index in [0.717, 1.165) is 28.8 Å². The Morgan fingerprint density at radius 3 is 2.36 bits per heavy atom. The Morgan fingerprint density at radius 2 is 1.67 bits per heavy atom. The fraction of sp³-hybridized carbons (Fsp3) is 0.269. The molecule has 0 aromatic heterocycles. The third-order valence-corrected chi connectivity index (χ3v) is 8.00. The minimum Gasteiger partial charge on any atom is -0.345 e. The molecule has 3 aromatic rings. The van der Waals surface area contributed by atoms with Crippen LogP contribution in [0, 0.1) is 18.7 Å². The lowest BCUT2D eigenvalue weighted by Gasteiger charge is -2.32. The van der Waals surface area contributed by atoms with Gasteiger partial charge in [0.05, 0.1) is 16.9 Å². The van der Waals surface area contributed by atoms with Crippen molar-refractivity contribution in [3.05, 3.63) is 101 Å². The lowest BCUT2D eigenvalue weighted by Crippen LogP contribution is -2.46. The maximum absolute atomic E-state index is 13.3. The molecule has 1 N–H and O–H groups in total. The molecule has 0 radical (unpaired) electrons. The van der Waals surface area contributed by atoms with Crippen LogP contribution in [-0.4, -0.2) is 31.7 Å². The van der Waals surface area contributed by atoms with Crippen molar-refractivity contribution in [2.75, 3.05) is 13.1 Å². The SMILES string of the molecule is Cc1ccccc1[C@H](NC(=O)[C@H]1CCCN(S(=O)(=O)c2ccc(F)cc2)C1)c1ccccc1. The monoisotopic (exact) mass is 466 g/mol. The van der Waals surface area contributed by atoms with Crippen molar-refractivity contribution in [3.8, 4) is 0 Å². The van der Waals surface area contributed by atoms with E-state index in [1.807, 2.05) is 61.5 Å². The lowest BCUT2D eigenvalue weighted by atomic mass is 9.93. The molecular weight excluding hydrogens is 439 g/mol. The summed E-state index contributed by atoms with van der Waals surface area (Å²) in [5.41, 5.74) is 3.03. The van der Waals surface area contributed by atoms with E-state index in [0.29, 0.717) is 19.4 Å². The van der Waals surface area contributed by atoms with Crippen LogP contribution in [0.3, 0.4) is 0 Å². The zero-order valence-electron chi connectivity index (χ0n) is 18.4. The highest BCUT2D eigenvalue weighted by atomic mass is 32.2. The number of rotatable bonds is 6. The first-order valence-electron chi connectivity index (χ1n) is 11.0. The lowest BCUT2D eigenvalue weighted by molar-refractivity contribution is -0.126. The van der Waals surface area contributed by atoms with Crippen molar-refractivity contribution in [1.29, 1.82) is 0 Å². The van der Waals surface area contributed by atoms with Crippen LogP contribution in [0.15, 0.2) is 83.8 Å². The van der Waals surface area contributed by atoms with Gasteiger partial charge in [-0.1, -0.05) is 54.6 Å². The Hall–Kier alpha value is -3.03. The van der Waals surface area contributed by atoms with Gasteiger partial charge in [-0.05, 0) is 60.7 Å². The van der Waals surface area contributed by atoms with E-state index < -0.39 is 21.8 Å². The van der Waals surface area contributed by atoms with Crippen molar-refractivity contribution >= 4 is 15.9 Å². The van der Waals surface area contributed by atoms with E-state index in [-0.39, 0.29) is 23.4 Å². The summed E-state index contributed by atoms with van der Waals surface area (Å²) in [7, 11) is -3.80. The van der Waals surface area contributed by atoms with Crippen LogP contribution in [0.1, 0.15) is 35.6 Å². The van der Waals surface area contributed by atoms with Crippen LogP contribution in [0.5, 0.6) is 0 Å². The Morgan fingerprint density at radius 1 is 1.00 bits per heavy atom. The third kappa shape index (κ3) is 5.15. The molecule has 1 aliphatic rings. The van der Waals surface area contributed by atoms with Gasteiger partial charge in [0.25, 0.3) is 0 Å². The Balaban J connectivity index is 1.55. The second-order valence-electron chi connectivity index (χ2n) is 8.36. The molecule has 0 spiro atoms. The van der Waals surface area contributed by atoms with Crippen molar-refractivity contribution in [2.45, 2.75) is 30.7 Å². The molecule has 0 unspecified atom stereocenters. The van der Waals surface area contributed by atoms with Gasteiger partial charge in [0, 0.05) is 13.1 Å². The van der Waals surface area contributed by atoms with E-state index in [2.05, 4.69) is 5.32 Å². The number of carbonyl (C=O) groups is 1. The van der Waals surface area contributed by atoms with Gasteiger partial charge in [-0.3, -0.25) is 4.79 Å². The first kappa shape index (κ1) is 23.1. The Labute approximate surface area is 194 Å². The first-order chi connectivity index (χ1) is 15.9. The zero-order valence-corrected chi connectivity index (χ0v) is 19.3. The maximum atomic E-state index is 13.3. The van der Waals surface area contributed by atoms with E-state index in [1.54, 1.807) is 0 Å². The number of hydrogen-bond donors (Lipinski definition) is 1. The fourth-order valence-corrected chi connectivity index (χ4v) is 5.81. The van der Waals surface area contributed by atoms with Crippen LogP contribution in [0.4, 0.5) is 4.39 Å². The average molecular weight is 467 g/mol. The van der Waals surface area contributed by atoms with E-state index >= 15 is 0 Å². The molecule has 1 heterocycles. The third-order valence-electron chi connectivity index (χ3n) is 6.13. The smallest absolute Gasteiger partial charge is 0.243 e. The summed E-state index contributed by atoms with van der Waals surface area (Å²) in [6, 6.07) is 22.1. The average Bonchev–Trinajstić information content (AvgIpc) is 2.84. The quantitative estimate of drug-likeness (QED) is 0.584. The number of aryl methyl sites for hydroxylation is 1. The van der Waals surface area contributed by atoms with Gasteiger partial charge in [0.1, 0.15) is 5.82 Å². The number of nitrogens with one attached hydrogen (secondary N) is 1. The molecule has 5 nitrogen and oxygen atoms in total. The molecule has 1 fully saturated rings. The molecule has 1 aliphatic heterocycles. The standard InChI is InChI=1S/C26H27FN2O3S/c1-19-8-5-6-12-24(19)25(20-9-3-2-4-10-20)28-26(30)21-11-7-17-29(18-21)33(31,32)23-15-13-22(27)14-16-23/h2-6,8-10,12-16,21,25H,7,11,17-18H2,1H3,(H,28,30)/t21-,25+/m0/s1. The summed E-state index contributed by atoms with van der Waals surface area (Å²) in [6.07, 6.45) is 1.19. The number of benzene rings is 3. The number of carbonyl (C=O) groups excluding carboxylic acids is 1. The van der Waals surface area contributed by atoms with Crippen LogP contribution in [0.25, 0.3) is 0 Å². The second kappa shape index (κ2) is 9.85. The van der Waals surface area contributed by atoms with Crippen molar-refractivity contribution in [3.63, 3.8) is 0 Å². The van der Waals surface area contributed by atoms with Gasteiger partial charge >= 0.3 is 0 Å². The molecule has 33 heavy (non-hydrogen) atoms. The number of halogens is 1. The number of hydrogen-bond acceptors (Lipinski definition) is 3. The number of amides is 1. The van der Waals surface area contributed by atoms with E-state index in [4.69, 9.17) is 0 Å². The summed E-state index contributed by atoms with van der Waals surface area (Å²) in [5.74, 6) is -1.14. The number of sulfonamides is 1. The largest absolute Gasteiger partial charge is 0.345 e. The van der Waals surface area contributed by atoms with Crippen LogP contribution in [0.2, 0.25) is 0 Å². The molecule has 1 saturated heterocycles. The van der Waals surface area contributed by atoms with Gasteiger partial charge < -0.3 is 5.32 Å². The minimum atomic E-state index is -3.80. The van der Waals surface area contributed by atoms with Crippen molar-refractivity contribution in [1.82, 2.24) is 9.62 Å². The van der Waals surface area contributed by atoms with Gasteiger partial charge in [0.2, 0.25) is 15.9 Å². The highest BCUT2D eigenvalue weighted by molar-refractivity contribution is 7.89. The normalized spacial score (nSPS) is 17.9. The summed E-state index contributed by atoms with van der Waals surface area (Å²) >= 11 is 0. The Bertz CT molecular complexity index is 1210. The predicted octanol–water partition coefficient (Wildman–Crippen LogP) is 4.44. The molecule has 0 bridgehead atoms. The molecular formula is C26H27FN2O3S. The Kier molecular flexibility index (Phi) is 6.91. The topological polar surface area (TPSA) is 66.5 Å². The summed E-state index contributed by atoms with van der Waals surface area (Å²) in [4.78, 5) is 13.4. The first-order valence-corrected chi connectivity index (χ1v) is 12.5. The number of nitrogens with zero attached hydrogens (tertiary/aromatic N) is 1. The van der Waals surface area contributed by atoms with Crippen LogP contribution < -0.4 is 5.32 Å². The zero-order chi connectivity index (χ0) is 23.4. The molecule has 3 aromatic carbocycles. The van der Waals surface area contributed by atoms with Gasteiger partial charge in [-0.25, -0.2) is 12.8 Å². The van der Waals surface area contributed by atoms with Crippen molar-refractivity contribution < 1.29 is 17.6 Å². The summed E-state index contributed by atoms with van der Waals surface area (Å²) in [6.45, 7) is 2.44. The minimum absolute atomic E-state index is 0.0343. The van der Waals surface area contributed by atoms with Crippen molar-refractivity contribution in [2.24, 2.45) is 5.92 Å². The van der Waals surface area contributed by atoms with E-state index in [9.17, 15) is 17.6 Å². The summed E-state index contributed by atoms with van der Waals surface area (Å²) < 4.78 is 40.7. The van der Waals surface area contributed by atoms with Crippen LogP contribution >= 0.6 is 0 Å². The molecule has 7 heteroatoms. The fourth-order valence-electron chi connectivity index (χ4n) is 4.29. The molecule has 4 rings (SSSR count). The second-order valence-corrected chi connectivity index (χ2v) is 10.3. The van der Waals surface area contributed by atoms with Gasteiger partial charge in [-0.2, -0.15) is 4.31 Å². The highest BCUT2D eigenvalue weighted by Gasteiger charge is 2.34. The molecule has 0 saturated carbocycles. The van der Waals surface area contributed by atoms with Crippen LogP contribution in [-0.2, 0) is 14.8 Å². The number of piperidine rings is 1. The molecule has 172 valence electrons. The van der Waals surface area contributed by atoms with Gasteiger partial charge in [-0.15, -0.1) is 0 Å². The molecule has 2 atom stereocenters. The van der Waals surface area contributed by atoms with Gasteiger partial charge in [0.15, 0.2) is 0 Å². The highest BCUT2D eigenvalue weighted by Crippen LogP contribution is 2.28. The molecule has 1 amide bonds.